The number of amides is 5. The number of carbonyl (C=O) groups excluding carboxylic acids is 4. The molecule has 1 heterocycles. The average Bonchev–Trinajstić information content (AvgIpc) is 3.00. The minimum atomic E-state index is -1.21. The molecule has 0 spiro atoms. The van der Waals surface area contributed by atoms with Gasteiger partial charge in [0.05, 0.1) is 6.42 Å². The summed E-state index contributed by atoms with van der Waals surface area (Å²) in [5.41, 5.74) is 2.65. The first-order valence-corrected chi connectivity index (χ1v) is 9.78. The third kappa shape index (κ3) is 4.48. The molecule has 1 saturated heterocycles. The smallest absolute Gasteiger partial charge is 0.344 e. The van der Waals surface area contributed by atoms with Gasteiger partial charge in [-0.15, -0.1) is 0 Å². The highest BCUT2D eigenvalue weighted by Crippen LogP contribution is 2.31. The lowest BCUT2D eigenvalue weighted by Crippen LogP contribution is -2.49. The molecule has 0 aliphatic carbocycles. The van der Waals surface area contributed by atoms with Crippen LogP contribution < -0.4 is 16.1 Å². The highest BCUT2D eigenvalue weighted by atomic mass is 16.2. The van der Waals surface area contributed by atoms with Crippen LogP contribution in [0.25, 0.3) is 0 Å². The number of nitrogens with one attached hydrogen (secondary N) is 3. The number of hydrazine groups is 1. The molecule has 30 heavy (non-hydrogen) atoms. The Morgan fingerprint density at radius 2 is 1.60 bits per heavy atom. The first-order chi connectivity index (χ1) is 14.5. The Morgan fingerprint density at radius 3 is 2.23 bits per heavy atom. The van der Waals surface area contributed by atoms with Crippen molar-refractivity contribution in [3.63, 3.8) is 0 Å². The van der Waals surface area contributed by atoms with Gasteiger partial charge >= 0.3 is 6.03 Å². The van der Waals surface area contributed by atoms with Crippen molar-refractivity contribution >= 4 is 23.8 Å². The van der Waals surface area contributed by atoms with E-state index in [-0.39, 0.29) is 25.3 Å². The number of hydrogen-bond donors (Lipinski definition) is 3. The number of carbonyl (C=O) groups is 4. The molecular weight excluding hydrogens is 384 g/mol. The Kier molecular flexibility index (Phi) is 6.46. The van der Waals surface area contributed by atoms with Crippen LogP contribution in [0.3, 0.4) is 0 Å². The largest absolute Gasteiger partial charge is 0.355 e. The van der Waals surface area contributed by atoms with Gasteiger partial charge in [0.2, 0.25) is 11.8 Å². The van der Waals surface area contributed by atoms with E-state index in [1.165, 1.54) is 0 Å². The molecule has 2 aromatic rings. The Morgan fingerprint density at radius 1 is 0.967 bits per heavy atom. The van der Waals surface area contributed by atoms with Gasteiger partial charge in [0.15, 0.2) is 0 Å². The van der Waals surface area contributed by atoms with Crippen LogP contribution in [-0.4, -0.2) is 35.3 Å². The lowest BCUT2D eigenvalue weighted by atomic mass is 9.87. The molecule has 0 saturated carbocycles. The molecule has 2 aromatic carbocycles. The third-order valence-electron chi connectivity index (χ3n) is 5.01. The SMILES string of the molecule is CCC1(c2ccccc2)NC(=O)N(NC(=O)CCNC(=O)Cc2ccccc2)C1=O. The van der Waals surface area contributed by atoms with Crippen molar-refractivity contribution in [3.8, 4) is 0 Å². The zero-order valence-corrected chi connectivity index (χ0v) is 16.7. The third-order valence-corrected chi connectivity index (χ3v) is 5.01. The monoisotopic (exact) mass is 408 g/mol. The maximum absolute atomic E-state index is 12.9. The molecule has 0 radical (unpaired) electrons. The number of benzene rings is 2. The van der Waals surface area contributed by atoms with E-state index < -0.39 is 23.4 Å². The topological polar surface area (TPSA) is 108 Å². The molecule has 1 fully saturated rings. The van der Waals surface area contributed by atoms with Gasteiger partial charge in [-0.1, -0.05) is 67.6 Å². The molecule has 0 bridgehead atoms. The Bertz CT molecular complexity index is 933. The fraction of sp³-hybridized carbons (Fsp3) is 0.273. The number of imide groups is 1. The molecule has 0 aromatic heterocycles. The predicted octanol–water partition coefficient (Wildman–Crippen LogP) is 1.62. The Balaban J connectivity index is 1.53. The van der Waals surface area contributed by atoms with Gasteiger partial charge in [-0.2, -0.15) is 5.01 Å². The van der Waals surface area contributed by atoms with E-state index >= 15 is 0 Å². The summed E-state index contributed by atoms with van der Waals surface area (Å²) in [5, 5.41) is 6.06. The van der Waals surface area contributed by atoms with Gasteiger partial charge in [-0.25, -0.2) is 4.79 Å². The van der Waals surface area contributed by atoms with Crippen LogP contribution in [0.15, 0.2) is 60.7 Å². The van der Waals surface area contributed by atoms with Gasteiger partial charge in [-0.3, -0.25) is 19.8 Å². The van der Waals surface area contributed by atoms with E-state index in [0.29, 0.717) is 17.0 Å². The first kappa shape index (κ1) is 21.0. The number of nitrogens with zero attached hydrogens (tertiary/aromatic N) is 1. The molecule has 8 nitrogen and oxygen atoms in total. The van der Waals surface area contributed by atoms with Crippen LogP contribution in [0.5, 0.6) is 0 Å². The zero-order valence-electron chi connectivity index (χ0n) is 16.7. The normalized spacial score (nSPS) is 18.1. The second-order valence-corrected chi connectivity index (χ2v) is 6.99. The van der Waals surface area contributed by atoms with Crippen LogP contribution in [0, 0.1) is 0 Å². The molecule has 1 atom stereocenters. The van der Waals surface area contributed by atoms with Crippen molar-refractivity contribution in [2.24, 2.45) is 0 Å². The van der Waals surface area contributed by atoms with E-state index in [2.05, 4.69) is 16.1 Å². The summed E-state index contributed by atoms with van der Waals surface area (Å²) in [7, 11) is 0. The molecule has 5 amide bonds. The summed E-state index contributed by atoms with van der Waals surface area (Å²) < 4.78 is 0. The van der Waals surface area contributed by atoms with Crippen molar-refractivity contribution < 1.29 is 19.2 Å². The molecule has 3 rings (SSSR count). The maximum atomic E-state index is 12.9. The fourth-order valence-electron chi connectivity index (χ4n) is 3.38. The second-order valence-electron chi connectivity index (χ2n) is 6.99. The predicted molar refractivity (Wildman–Crippen MR) is 110 cm³/mol. The molecule has 1 aliphatic heterocycles. The number of rotatable bonds is 8. The van der Waals surface area contributed by atoms with Crippen LogP contribution in [0.2, 0.25) is 0 Å². The van der Waals surface area contributed by atoms with Gasteiger partial charge in [0.25, 0.3) is 5.91 Å². The van der Waals surface area contributed by atoms with Gasteiger partial charge in [0.1, 0.15) is 5.54 Å². The Hall–Kier alpha value is -3.68. The quantitative estimate of drug-likeness (QED) is 0.577. The second kappa shape index (κ2) is 9.21. The molecule has 1 aliphatic rings. The van der Waals surface area contributed by atoms with Crippen LogP contribution >= 0.6 is 0 Å². The van der Waals surface area contributed by atoms with Crippen LogP contribution in [0.1, 0.15) is 30.9 Å². The minimum absolute atomic E-state index is 0.0674. The summed E-state index contributed by atoms with van der Waals surface area (Å²) >= 11 is 0. The lowest BCUT2D eigenvalue weighted by molar-refractivity contribution is -0.139. The van der Waals surface area contributed by atoms with Crippen LogP contribution in [-0.2, 0) is 26.3 Å². The van der Waals surface area contributed by atoms with E-state index in [9.17, 15) is 19.2 Å². The number of hydrogen-bond acceptors (Lipinski definition) is 4. The van der Waals surface area contributed by atoms with E-state index in [1.807, 2.05) is 36.4 Å². The van der Waals surface area contributed by atoms with Crippen molar-refractivity contribution in [2.45, 2.75) is 31.7 Å². The van der Waals surface area contributed by atoms with Crippen molar-refractivity contribution in [1.29, 1.82) is 0 Å². The van der Waals surface area contributed by atoms with Crippen molar-refractivity contribution in [3.05, 3.63) is 71.8 Å². The highest BCUT2D eigenvalue weighted by molar-refractivity contribution is 6.08. The molecule has 1 unspecified atom stereocenters. The van der Waals surface area contributed by atoms with Gasteiger partial charge < -0.3 is 10.6 Å². The zero-order chi connectivity index (χ0) is 21.6. The summed E-state index contributed by atoms with van der Waals surface area (Å²) in [6.07, 6.45) is 0.483. The first-order valence-electron chi connectivity index (χ1n) is 9.78. The lowest BCUT2D eigenvalue weighted by Gasteiger charge is -2.25. The minimum Gasteiger partial charge on any atom is -0.355 e. The van der Waals surface area contributed by atoms with Crippen molar-refractivity contribution in [1.82, 2.24) is 21.1 Å². The average molecular weight is 408 g/mol. The summed E-state index contributed by atoms with van der Waals surface area (Å²) in [6.45, 7) is 1.89. The fourth-order valence-corrected chi connectivity index (χ4v) is 3.38. The standard InChI is InChI=1S/C22H24N4O4/c1-2-22(17-11-7-4-8-12-17)20(29)26(21(30)24-22)25-18(27)13-14-23-19(28)15-16-9-5-3-6-10-16/h3-12H,2,13-15H2,1H3,(H,23,28)(H,24,30)(H,25,27). The van der Waals surface area contributed by atoms with E-state index in [0.717, 1.165) is 5.56 Å². The molecule has 8 heteroatoms. The van der Waals surface area contributed by atoms with E-state index in [4.69, 9.17) is 0 Å². The highest BCUT2D eigenvalue weighted by Gasteiger charge is 2.52. The van der Waals surface area contributed by atoms with Gasteiger partial charge in [0, 0.05) is 13.0 Å². The van der Waals surface area contributed by atoms with E-state index in [1.54, 1.807) is 31.2 Å². The summed E-state index contributed by atoms with van der Waals surface area (Å²) in [6, 6.07) is 17.5. The molecule has 156 valence electrons. The van der Waals surface area contributed by atoms with Crippen LogP contribution in [0.4, 0.5) is 4.79 Å². The maximum Gasteiger partial charge on any atom is 0.344 e. The molecule has 3 N–H and O–H groups in total. The Labute approximate surface area is 174 Å². The number of urea groups is 1. The van der Waals surface area contributed by atoms with Crippen molar-refractivity contribution in [2.75, 3.05) is 6.54 Å². The summed E-state index contributed by atoms with van der Waals surface area (Å²) in [4.78, 5) is 49.5. The summed E-state index contributed by atoms with van der Waals surface area (Å²) in [5.74, 6) is -1.29. The van der Waals surface area contributed by atoms with Gasteiger partial charge in [-0.05, 0) is 17.5 Å². The molecular formula is C22H24N4O4.